The number of likely N-dealkylation sites (N-methyl/N-ethyl adjacent to an activating group) is 1. The van der Waals surface area contributed by atoms with Crippen LogP contribution < -0.4 is 10.6 Å². The Hall–Kier alpha value is -4.98. The number of amides is 2. The second-order valence-corrected chi connectivity index (χ2v) is 11.5. The van der Waals surface area contributed by atoms with Crippen LogP contribution in [0.15, 0.2) is 72.8 Å². The van der Waals surface area contributed by atoms with E-state index < -0.39 is 18.0 Å². The van der Waals surface area contributed by atoms with Crippen molar-refractivity contribution in [2.45, 2.75) is 25.8 Å². The molecule has 4 N–H and O–H groups in total. The van der Waals surface area contributed by atoms with E-state index >= 15 is 0 Å². The number of nitrogens with zero attached hydrogens (tertiary/aromatic N) is 2. The molecule has 0 bridgehead atoms. The van der Waals surface area contributed by atoms with Gasteiger partial charge in [-0.25, -0.2) is 18.4 Å². The smallest absolute Gasteiger partial charge is 0.414 e. The van der Waals surface area contributed by atoms with E-state index in [1.54, 1.807) is 49.5 Å². The number of carbonyl (C=O) groups excluding carboxylic acids is 3. The topological polar surface area (TPSA) is 156 Å². The van der Waals surface area contributed by atoms with Gasteiger partial charge in [0, 0.05) is 32.2 Å². The molecule has 1 aliphatic rings. The molecule has 4 rings (SSSR count). The summed E-state index contributed by atoms with van der Waals surface area (Å²) in [7, 11) is 1.59. The number of rotatable bonds is 11. The maximum absolute atomic E-state index is 13.6. The number of aliphatic carboxylic acids is 2. The first-order valence-electron chi connectivity index (χ1n) is 15.3. The SMILES string of the molecule is CNC(=O)C1CN(CC(=O)Nc2c(Cl)cccc2C(C)=O)CCN1CCCC=C(c1ccc(F)cc1)c1ccc(F)cc1.O=C(O)C(=O)O. The first-order chi connectivity index (χ1) is 23.3. The number of nitrogens with one attached hydrogen (secondary N) is 2. The van der Waals surface area contributed by atoms with Gasteiger partial charge in [-0.05, 0) is 79.4 Å². The van der Waals surface area contributed by atoms with Gasteiger partial charge in [0.05, 0.1) is 17.3 Å². The Morgan fingerprint density at radius 1 is 0.898 bits per heavy atom. The van der Waals surface area contributed by atoms with Crippen molar-refractivity contribution in [3.8, 4) is 0 Å². The minimum atomic E-state index is -1.82. The molecule has 3 aromatic carbocycles. The Bertz CT molecular complexity index is 1620. The zero-order valence-corrected chi connectivity index (χ0v) is 27.7. The van der Waals surface area contributed by atoms with Gasteiger partial charge in [-0.1, -0.05) is 48.0 Å². The molecule has 0 aliphatic carbocycles. The Balaban J connectivity index is 0.000000992. The normalized spacial score (nSPS) is 14.5. The monoisotopic (exact) mass is 698 g/mol. The molecule has 0 aromatic heterocycles. The highest BCUT2D eigenvalue weighted by Gasteiger charge is 2.32. The lowest BCUT2D eigenvalue weighted by Crippen LogP contribution is -2.59. The number of ketones is 1. The number of Topliss-reactive ketones (excluding diaryl/α,β-unsaturated/α-hetero) is 1. The van der Waals surface area contributed by atoms with Gasteiger partial charge >= 0.3 is 11.9 Å². The van der Waals surface area contributed by atoms with Crippen LogP contribution in [0, 0.1) is 11.6 Å². The largest absolute Gasteiger partial charge is 0.473 e. The highest BCUT2D eigenvalue weighted by Crippen LogP contribution is 2.27. The van der Waals surface area contributed by atoms with E-state index in [2.05, 4.69) is 21.6 Å². The third kappa shape index (κ3) is 11.6. The first kappa shape index (κ1) is 38.5. The molecule has 3 aromatic rings. The van der Waals surface area contributed by atoms with Crippen molar-refractivity contribution < 1.29 is 43.0 Å². The number of hydrogen-bond donors (Lipinski definition) is 4. The summed E-state index contributed by atoms with van der Waals surface area (Å²) < 4.78 is 27.1. The highest BCUT2D eigenvalue weighted by molar-refractivity contribution is 6.34. The number of allylic oxidation sites excluding steroid dienone is 1. The van der Waals surface area contributed by atoms with Crippen molar-refractivity contribution in [3.63, 3.8) is 0 Å². The van der Waals surface area contributed by atoms with Crippen molar-refractivity contribution in [3.05, 3.63) is 106 Å². The van der Waals surface area contributed by atoms with Crippen molar-refractivity contribution in [1.82, 2.24) is 15.1 Å². The van der Waals surface area contributed by atoms with Crippen LogP contribution in [-0.2, 0) is 19.2 Å². The molecule has 1 unspecified atom stereocenters. The molecule has 2 amide bonds. The van der Waals surface area contributed by atoms with Crippen LogP contribution in [0.1, 0.15) is 41.3 Å². The second kappa shape index (κ2) is 18.5. The van der Waals surface area contributed by atoms with Gasteiger partial charge in [-0.2, -0.15) is 0 Å². The molecular weight excluding hydrogens is 662 g/mol. The highest BCUT2D eigenvalue weighted by atomic mass is 35.5. The first-order valence-corrected chi connectivity index (χ1v) is 15.6. The Morgan fingerprint density at radius 3 is 1.98 bits per heavy atom. The fraction of sp³-hybridized carbons (Fsp3) is 0.286. The standard InChI is InChI=1S/C33H35ClF2N4O3.C2H2O4/c1-22(41)27-7-5-8-29(34)32(27)38-31(42)21-39-18-19-40(30(20-39)33(43)37-2)17-4-3-6-28(23-9-13-25(35)14-10-23)24-11-15-26(36)16-12-24;3-1(4)2(5)6/h5-16,30H,3-4,17-21H2,1-2H3,(H,37,43)(H,38,42);(H,3,4)(H,5,6). The van der Waals surface area contributed by atoms with Gasteiger partial charge in [0.25, 0.3) is 0 Å². The molecule has 260 valence electrons. The molecule has 1 atom stereocenters. The molecule has 49 heavy (non-hydrogen) atoms. The number of unbranched alkanes of at least 4 members (excludes halogenated alkanes) is 1. The zero-order chi connectivity index (χ0) is 36.1. The minimum absolute atomic E-state index is 0.0470. The molecular formula is C35H37ClF2N4O7. The second-order valence-electron chi connectivity index (χ2n) is 11.1. The molecule has 0 radical (unpaired) electrons. The Kier molecular flexibility index (Phi) is 14.5. The van der Waals surface area contributed by atoms with Crippen LogP contribution in [0.5, 0.6) is 0 Å². The number of hydrogen-bond acceptors (Lipinski definition) is 7. The number of halogens is 3. The number of carbonyl (C=O) groups is 5. The van der Waals surface area contributed by atoms with Crippen LogP contribution in [0.3, 0.4) is 0 Å². The summed E-state index contributed by atoms with van der Waals surface area (Å²) in [5, 5.41) is 20.6. The summed E-state index contributed by atoms with van der Waals surface area (Å²) in [5.41, 5.74) is 3.16. The lowest BCUT2D eigenvalue weighted by Gasteiger charge is -2.40. The average Bonchev–Trinajstić information content (AvgIpc) is 3.07. The predicted molar refractivity (Wildman–Crippen MR) is 180 cm³/mol. The molecule has 1 aliphatic heterocycles. The molecule has 1 fully saturated rings. The van der Waals surface area contributed by atoms with Gasteiger partial charge in [0.2, 0.25) is 11.8 Å². The maximum atomic E-state index is 13.6. The number of benzene rings is 3. The van der Waals surface area contributed by atoms with E-state index in [0.29, 0.717) is 38.2 Å². The summed E-state index contributed by atoms with van der Waals surface area (Å²) in [4.78, 5) is 59.9. The molecule has 14 heteroatoms. The molecule has 0 saturated carbocycles. The van der Waals surface area contributed by atoms with Crippen molar-refractivity contribution in [2.24, 2.45) is 0 Å². The average molecular weight is 699 g/mol. The van der Waals surface area contributed by atoms with Gasteiger partial charge in [-0.3, -0.25) is 24.2 Å². The van der Waals surface area contributed by atoms with Crippen LogP contribution in [0.25, 0.3) is 5.57 Å². The van der Waals surface area contributed by atoms with E-state index in [1.807, 2.05) is 4.90 Å². The number of carboxylic acid groups (broad SMARTS) is 2. The molecule has 1 saturated heterocycles. The fourth-order valence-electron chi connectivity index (χ4n) is 5.23. The molecule has 1 heterocycles. The van der Waals surface area contributed by atoms with E-state index in [1.165, 1.54) is 31.2 Å². The summed E-state index contributed by atoms with van der Waals surface area (Å²) in [5.74, 6) is -4.97. The number of piperazine rings is 1. The maximum Gasteiger partial charge on any atom is 0.414 e. The Morgan fingerprint density at radius 2 is 1.47 bits per heavy atom. The Labute approximate surface area is 287 Å². The minimum Gasteiger partial charge on any atom is -0.473 e. The van der Waals surface area contributed by atoms with Crippen molar-refractivity contribution in [2.75, 3.05) is 45.1 Å². The number of carboxylic acids is 2. The van der Waals surface area contributed by atoms with Gasteiger partial charge in [0.15, 0.2) is 5.78 Å². The zero-order valence-electron chi connectivity index (χ0n) is 26.9. The number of anilines is 1. The summed E-state index contributed by atoms with van der Waals surface area (Å²) >= 11 is 6.25. The van der Waals surface area contributed by atoms with Crippen molar-refractivity contribution in [1.29, 1.82) is 0 Å². The van der Waals surface area contributed by atoms with Crippen LogP contribution in [0.2, 0.25) is 5.02 Å². The van der Waals surface area contributed by atoms with Gasteiger partial charge in [-0.15, -0.1) is 0 Å². The molecule has 11 nitrogen and oxygen atoms in total. The van der Waals surface area contributed by atoms with Gasteiger partial charge in [0.1, 0.15) is 17.7 Å². The van der Waals surface area contributed by atoms with Crippen molar-refractivity contribution >= 4 is 52.4 Å². The fourth-order valence-corrected chi connectivity index (χ4v) is 5.45. The summed E-state index contributed by atoms with van der Waals surface area (Å²) in [6, 6.07) is 16.8. The van der Waals surface area contributed by atoms with Crippen LogP contribution in [0.4, 0.5) is 14.5 Å². The molecule has 0 spiro atoms. The van der Waals surface area contributed by atoms with E-state index in [0.717, 1.165) is 23.1 Å². The van der Waals surface area contributed by atoms with E-state index in [9.17, 15) is 23.2 Å². The predicted octanol–water partition coefficient (Wildman–Crippen LogP) is 4.56. The lowest BCUT2D eigenvalue weighted by atomic mass is 9.96. The van der Waals surface area contributed by atoms with Crippen LogP contribution in [-0.4, -0.2) is 95.4 Å². The summed E-state index contributed by atoms with van der Waals surface area (Å²) in [6.45, 7) is 3.64. The van der Waals surface area contributed by atoms with Gasteiger partial charge < -0.3 is 20.8 Å². The third-order valence-electron chi connectivity index (χ3n) is 7.64. The van der Waals surface area contributed by atoms with Crippen LogP contribution >= 0.6 is 11.6 Å². The summed E-state index contributed by atoms with van der Waals surface area (Å²) in [6.07, 6.45) is 3.49. The number of para-hydroxylation sites is 1. The van der Waals surface area contributed by atoms with E-state index in [-0.39, 0.29) is 46.5 Å². The third-order valence-corrected chi connectivity index (χ3v) is 7.96. The quantitative estimate of drug-likeness (QED) is 0.128. The van der Waals surface area contributed by atoms with E-state index in [4.69, 9.17) is 31.4 Å². The lowest BCUT2D eigenvalue weighted by molar-refractivity contribution is -0.159.